The summed E-state index contributed by atoms with van der Waals surface area (Å²) in [6.45, 7) is 4.40. The van der Waals surface area contributed by atoms with Crippen LogP contribution in [0.4, 0.5) is 5.95 Å². The van der Waals surface area contributed by atoms with Crippen LogP contribution in [0, 0.1) is 11.8 Å². The summed E-state index contributed by atoms with van der Waals surface area (Å²) in [5.74, 6) is 2.35. The third kappa shape index (κ3) is 1.68. The average molecular weight is 225 g/mol. The second-order valence-corrected chi connectivity index (χ2v) is 4.72. The van der Waals surface area contributed by atoms with Crippen molar-refractivity contribution in [2.75, 3.05) is 31.1 Å². The number of anilines is 1. The zero-order valence-corrected chi connectivity index (χ0v) is 9.11. The molecular weight excluding hydrogens is 212 g/mol. The van der Waals surface area contributed by atoms with Crippen LogP contribution in [-0.2, 0) is 0 Å². The van der Waals surface area contributed by atoms with Gasteiger partial charge in [-0.3, -0.25) is 0 Å². The van der Waals surface area contributed by atoms with Gasteiger partial charge in [-0.05, 0) is 11.8 Å². The normalized spacial score (nSPS) is 29.5. The maximum atomic E-state index is 5.76. The number of hydrogen-bond donors (Lipinski definition) is 1. The number of fused-ring (bicyclic) bond motifs is 1. The van der Waals surface area contributed by atoms with Crippen molar-refractivity contribution in [3.05, 3.63) is 17.4 Å². The van der Waals surface area contributed by atoms with Crippen LogP contribution in [0.1, 0.15) is 0 Å². The van der Waals surface area contributed by atoms with Gasteiger partial charge in [-0.2, -0.15) is 0 Å². The Morgan fingerprint density at radius 2 is 1.80 bits per heavy atom. The number of rotatable bonds is 1. The Morgan fingerprint density at radius 1 is 1.20 bits per heavy atom. The van der Waals surface area contributed by atoms with Crippen molar-refractivity contribution in [2.24, 2.45) is 11.8 Å². The fourth-order valence-electron chi connectivity index (χ4n) is 2.49. The van der Waals surface area contributed by atoms with Crippen LogP contribution >= 0.6 is 11.6 Å². The quantitative estimate of drug-likeness (QED) is 0.766. The van der Waals surface area contributed by atoms with Gasteiger partial charge in [0, 0.05) is 26.2 Å². The topological polar surface area (TPSA) is 41.1 Å². The van der Waals surface area contributed by atoms with E-state index in [0.29, 0.717) is 5.02 Å². The molecule has 2 aliphatic rings. The third-order valence-corrected chi connectivity index (χ3v) is 3.47. The lowest BCUT2D eigenvalue weighted by atomic mass is 10.0. The first-order valence-corrected chi connectivity index (χ1v) is 5.64. The summed E-state index contributed by atoms with van der Waals surface area (Å²) >= 11 is 5.76. The predicted molar refractivity (Wildman–Crippen MR) is 59.1 cm³/mol. The molecule has 80 valence electrons. The van der Waals surface area contributed by atoms with E-state index in [9.17, 15) is 0 Å². The molecule has 3 rings (SSSR count). The third-order valence-electron chi connectivity index (χ3n) is 3.28. The molecule has 4 nitrogen and oxygen atoms in total. The molecule has 2 saturated heterocycles. The van der Waals surface area contributed by atoms with Crippen molar-refractivity contribution < 1.29 is 0 Å². The molecule has 1 aromatic rings. The van der Waals surface area contributed by atoms with Crippen LogP contribution < -0.4 is 10.2 Å². The fraction of sp³-hybridized carbons (Fsp3) is 0.600. The van der Waals surface area contributed by atoms with E-state index in [1.807, 2.05) is 0 Å². The summed E-state index contributed by atoms with van der Waals surface area (Å²) in [7, 11) is 0. The van der Waals surface area contributed by atoms with Crippen molar-refractivity contribution >= 4 is 17.5 Å². The highest BCUT2D eigenvalue weighted by Gasteiger charge is 2.36. The predicted octanol–water partition coefficient (Wildman–Crippen LogP) is 0.786. The number of hydrogen-bond acceptors (Lipinski definition) is 4. The van der Waals surface area contributed by atoms with E-state index in [0.717, 1.165) is 44.0 Å². The summed E-state index contributed by atoms with van der Waals surface area (Å²) < 4.78 is 0. The SMILES string of the molecule is Clc1cnc(N2C[C@H]3CNC[C@H]3C2)nc1. The maximum absolute atomic E-state index is 5.76. The van der Waals surface area contributed by atoms with Gasteiger partial charge in [0.15, 0.2) is 0 Å². The van der Waals surface area contributed by atoms with E-state index in [1.165, 1.54) is 0 Å². The Hall–Kier alpha value is -0.870. The lowest BCUT2D eigenvalue weighted by Crippen LogP contribution is -2.26. The largest absolute Gasteiger partial charge is 0.340 e. The minimum absolute atomic E-state index is 0.597. The zero-order chi connectivity index (χ0) is 10.3. The molecule has 5 heteroatoms. The molecule has 2 aliphatic heterocycles. The van der Waals surface area contributed by atoms with E-state index in [2.05, 4.69) is 20.2 Å². The molecule has 0 radical (unpaired) electrons. The van der Waals surface area contributed by atoms with E-state index in [4.69, 9.17) is 11.6 Å². The molecular formula is C10H13ClN4. The van der Waals surface area contributed by atoms with Crippen LogP contribution in [0.3, 0.4) is 0 Å². The van der Waals surface area contributed by atoms with Crippen LogP contribution in [0.5, 0.6) is 0 Å². The average Bonchev–Trinajstić information content (AvgIpc) is 2.78. The molecule has 3 heterocycles. The number of nitrogens with one attached hydrogen (secondary N) is 1. The number of aromatic nitrogens is 2. The first kappa shape index (κ1) is 9.36. The van der Waals surface area contributed by atoms with Crippen molar-refractivity contribution in [3.63, 3.8) is 0 Å². The molecule has 15 heavy (non-hydrogen) atoms. The van der Waals surface area contributed by atoms with Crippen molar-refractivity contribution in [1.82, 2.24) is 15.3 Å². The molecule has 0 saturated carbocycles. The highest BCUT2D eigenvalue weighted by molar-refractivity contribution is 6.30. The van der Waals surface area contributed by atoms with Gasteiger partial charge in [0.2, 0.25) is 5.95 Å². The van der Waals surface area contributed by atoms with Gasteiger partial charge in [-0.15, -0.1) is 0 Å². The molecule has 1 N–H and O–H groups in total. The molecule has 0 spiro atoms. The van der Waals surface area contributed by atoms with Gasteiger partial charge in [0.05, 0.1) is 17.4 Å². The Bertz CT molecular complexity index is 341. The lowest BCUT2D eigenvalue weighted by Gasteiger charge is -2.16. The monoisotopic (exact) mass is 224 g/mol. The van der Waals surface area contributed by atoms with Crippen LogP contribution in [-0.4, -0.2) is 36.1 Å². The Kier molecular flexibility index (Phi) is 2.25. The molecule has 2 atom stereocenters. The molecule has 1 aromatic heterocycles. The van der Waals surface area contributed by atoms with Crippen molar-refractivity contribution in [1.29, 1.82) is 0 Å². The summed E-state index contributed by atoms with van der Waals surface area (Å²) in [4.78, 5) is 10.8. The van der Waals surface area contributed by atoms with E-state index >= 15 is 0 Å². The number of halogens is 1. The standard InChI is InChI=1S/C10H13ClN4/c11-9-3-13-10(14-4-9)15-5-7-1-12-2-8(7)6-15/h3-4,7-8,12H,1-2,5-6H2/t7-,8+. The molecule has 0 unspecified atom stereocenters. The summed E-state index contributed by atoms with van der Waals surface area (Å²) in [6.07, 6.45) is 3.33. The highest BCUT2D eigenvalue weighted by atomic mass is 35.5. The molecule has 0 amide bonds. The second-order valence-electron chi connectivity index (χ2n) is 4.28. The highest BCUT2D eigenvalue weighted by Crippen LogP contribution is 2.28. The van der Waals surface area contributed by atoms with Crippen LogP contribution in [0.2, 0.25) is 5.02 Å². The van der Waals surface area contributed by atoms with E-state index in [-0.39, 0.29) is 0 Å². The van der Waals surface area contributed by atoms with E-state index < -0.39 is 0 Å². The Balaban J connectivity index is 1.76. The minimum Gasteiger partial charge on any atom is -0.340 e. The first-order chi connectivity index (χ1) is 7.33. The summed E-state index contributed by atoms with van der Waals surface area (Å²) in [5, 5.41) is 4.01. The fourth-order valence-corrected chi connectivity index (χ4v) is 2.59. The summed E-state index contributed by atoms with van der Waals surface area (Å²) in [5.41, 5.74) is 0. The first-order valence-electron chi connectivity index (χ1n) is 5.26. The molecule has 0 aliphatic carbocycles. The van der Waals surface area contributed by atoms with Gasteiger partial charge in [-0.1, -0.05) is 11.6 Å². The Labute approximate surface area is 93.7 Å². The summed E-state index contributed by atoms with van der Waals surface area (Å²) in [6, 6.07) is 0. The van der Waals surface area contributed by atoms with Gasteiger partial charge in [-0.25, -0.2) is 9.97 Å². The van der Waals surface area contributed by atoms with Crippen molar-refractivity contribution in [2.45, 2.75) is 0 Å². The molecule has 2 fully saturated rings. The minimum atomic E-state index is 0.597. The smallest absolute Gasteiger partial charge is 0.225 e. The number of nitrogens with zero attached hydrogens (tertiary/aromatic N) is 3. The zero-order valence-electron chi connectivity index (χ0n) is 8.36. The van der Waals surface area contributed by atoms with Crippen molar-refractivity contribution in [3.8, 4) is 0 Å². The second kappa shape index (κ2) is 3.61. The Morgan fingerprint density at radius 3 is 2.40 bits per heavy atom. The van der Waals surface area contributed by atoms with Gasteiger partial charge in [0.1, 0.15) is 0 Å². The lowest BCUT2D eigenvalue weighted by molar-refractivity contribution is 0.533. The maximum Gasteiger partial charge on any atom is 0.225 e. The van der Waals surface area contributed by atoms with E-state index in [1.54, 1.807) is 12.4 Å². The van der Waals surface area contributed by atoms with Gasteiger partial charge < -0.3 is 10.2 Å². The van der Waals surface area contributed by atoms with Crippen LogP contribution in [0.15, 0.2) is 12.4 Å². The molecule has 0 bridgehead atoms. The van der Waals surface area contributed by atoms with Gasteiger partial charge >= 0.3 is 0 Å². The van der Waals surface area contributed by atoms with Gasteiger partial charge in [0.25, 0.3) is 0 Å². The molecule has 0 aromatic carbocycles. The van der Waals surface area contributed by atoms with Crippen LogP contribution in [0.25, 0.3) is 0 Å².